The molecule has 1 unspecified atom stereocenters. The van der Waals surface area contributed by atoms with Crippen LogP contribution in [-0.2, 0) is 20.7 Å². The molecule has 0 radical (unpaired) electrons. The summed E-state index contributed by atoms with van der Waals surface area (Å²) in [6, 6.07) is 5.47. The average molecular weight is 610 g/mol. The van der Waals surface area contributed by atoms with Gasteiger partial charge < -0.3 is 40.2 Å². The van der Waals surface area contributed by atoms with Crippen LogP contribution in [0.5, 0.6) is 11.5 Å². The Morgan fingerprint density at radius 1 is 1.12 bits per heavy atom. The molecule has 2 rings (SSSR count). The molecule has 5 atom stereocenters. The fraction of sp³-hybridized carbons (Fsp3) is 0.788. The van der Waals surface area contributed by atoms with Crippen molar-refractivity contribution >= 4 is 5.91 Å². The minimum absolute atomic E-state index is 0.0230. The maximum atomic E-state index is 13.1. The summed E-state index contributed by atoms with van der Waals surface area (Å²) in [5.74, 6) is 1.51. The number of benzene rings is 1. The van der Waals surface area contributed by atoms with Gasteiger partial charge in [0.25, 0.3) is 0 Å². The van der Waals surface area contributed by atoms with Gasteiger partial charge in [0, 0.05) is 64.7 Å². The van der Waals surface area contributed by atoms with Gasteiger partial charge in [0.05, 0.1) is 25.9 Å². The number of carbonyl (C=O) groups excluding carboxylic acids is 1. The molecule has 5 N–H and O–H groups in total. The lowest BCUT2D eigenvalue weighted by molar-refractivity contribution is -0.127. The summed E-state index contributed by atoms with van der Waals surface area (Å²) in [6.07, 6.45) is 1.75. The number of rotatable bonds is 21. The summed E-state index contributed by atoms with van der Waals surface area (Å²) in [5, 5.41) is 23.4. The number of carbonyl (C=O) groups is 1. The van der Waals surface area contributed by atoms with Crippen LogP contribution in [0.4, 0.5) is 0 Å². The molecule has 10 heteroatoms. The van der Waals surface area contributed by atoms with Crippen LogP contribution in [0.3, 0.4) is 0 Å². The van der Waals surface area contributed by atoms with Gasteiger partial charge in [0.2, 0.25) is 5.91 Å². The highest BCUT2D eigenvalue weighted by molar-refractivity contribution is 5.78. The molecule has 0 bridgehead atoms. The van der Waals surface area contributed by atoms with Gasteiger partial charge in [-0.1, -0.05) is 40.7 Å². The normalized spacial score (nSPS) is 17.8. The molecule has 0 aromatic heterocycles. The van der Waals surface area contributed by atoms with Gasteiger partial charge in [-0.3, -0.25) is 9.69 Å². The van der Waals surface area contributed by atoms with Gasteiger partial charge in [-0.05, 0) is 54.7 Å². The van der Waals surface area contributed by atoms with E-state index in [9.17, 15) is 9.90 Å². The summed E-state index contributed by atoms with van der Waals surface area (Å²) in [4.78, 5) is 15.4. The van der Waals surface area contributed by atoms with Crippen LogP contribution >= 0.6 is 0 Å². The number of nitrogens with two attached hydrogens (primary N) is 1. The second-order valence-electron chi connectivity index (χ2n) is 12.4. The fourth-order valence-electron chi connectivity index (χ4n) is 5.39. The number of hydrogen-bond acceptors (Lipinski definition) is 9. The predicted octanol–water partition coefficient (Wildman–Crippen LogP) is 3.21. The van der Waals surface area contributed by atoms with Crippen molar-refractivity contribution in [3.63, 3.8) is 0 Å². The van der Waals surface area contributed by atoms with Crippen LogP contribution in [0.1, 0.15) is 65.9 Å². The molecule has 1 aliphatic heterocycles. The van der Waals surface area contributed by atoms with Crippen molar-refractivity contribution in [2.75, 3.05) is 59.7 Å². The van der Waals surface area contributed by atoms with Crippen LogP contribution < -0.4 is 20.5 Å². The van der Waals surface area contributed by atoms with E-state index in [2.05, 4.69) is 24.1 Å². The summed E-state index contributed by atoms with van der Waals surface area (Å²) < 4.78 is 22.8. The average Bonchev–Trinajstić information content (AvgIpc) is 2.99. The van der Waals surface area contributed by atoms with Crippen LogP contribution in [0.15, 0.2) is 18.2 Å². The standard InChI is InChI=1S/C33H59N3O7/c1-7-32(40-6)43-31-20-25(9-10-30(31)42-16-8-15-37)19-26(23(2)3)21-28(34)29(38)22-27(24(4)5)33(39)35-11-12-36-13-17-41-18-14-36/h9-10,20,23-24,26-29,32,37-38H,7-8,11-19,21-22,34H2,1-6H3,(H,35,39)/t26-,27-,28-,29-,32?/m0/s1. The fourth-order valence-corrected chi connectivity index (χ4v) is 5.39. The number of aliphatic hydroxyl groups is 2. The number of methoxy groups -OCH3 is 1. The third-order valence-corrected chi connectivity index (χ3v) is 8.40. The molecule has 10 nitrogen and oxygen atoms in total. The Morgan fingerprint density at radius 2 is 1.84 bits per heavy atom. The number of ether oxygens (including phenoxy) is 4. The topological polar surface area (TPSA) is 136 Å². The van der Waals surface area contributed by atoms with Crippen LogP contribution in [0.2, 0.25) is 0 Å². The zero-order valence-electron chi connectivity index (χ0n) is 27.4. The lowest BCUT2D eigenvalue weighted by Gasteiger charge is -2.30. The Labute approximate surface area is 259 Å². The van der Waals surface area contributed by atoms with Gasteiger partial charge in [0.15, 0.2) is 17.8 Å². The van der Waals surface area contributed by atoms with Crippen LogP contribution in [0, 0.1) is 23.7 Å². The van der Waals surface area contributed by atoms with E-state index in [1.807, 2.05) is 39.0 Å². The lowest BCUT2D eigenvalue weighted by Crippen LogP contribution is -2.45. The summed E-state index contributed by atoms with van der Waals surface area (Å²) in [6.45, 7) is 15.4. The highest BCUT2D eigenvalue weighted by Crippen LogP contribution is 2.33. The molecular weight excluding hydrogens is 550 g/mol. The molecule has 43 heavy (non-hydrogen) atoms. The second kappa shape index (κ2) is 20.2. The van der Waals surface area contributed by atoms with E-state index in [0.29, 0.717) is 56.3 Å². The van der Waals surface area contributed by atoms with Gasteiger partial charge in [-0.15, -0.1) is 0 Å². The highest BCUT2D eigenvalue weighted by Gasteiger charge is 2.30. The molecule has 1 amide bonds. The zero-order chi connectivity index (χ0) is 31.8. The number of hydrogen-bond donors (Lipinski definition) is 4. The molecule has 1 aromatic rings. The minimum atomic E-state index is -0.785. The van der Waals surface area contributed by atoms with Crippen molar-refractivity contribution in [3.05, 3.63) is 23.8 Å². The van der Waals surface area contributed by atoms with Crippen LogP contribution in [-0.4, -0.2) is 99.2 Å². The van der Waals surface area contributed by atoms with Gasteiger partial charge >= 0.3 is 0 Å². The second-order valence-corrected chi connectivity index (χ2v) is 12.4. The molecular formula is C33H59N3O7. The molecule has 0 spiro atoms. The number of amides is 1. The van der Waals surface area contributed by atoms with Gasteiger partial charge in [-0.2, -0.15) is 0 Å². The van der Waals surface area contributed by atoms with Crippen molar-refractivity contribution in [2.45, 2.75) is 85.2 Å². The lowest BCUT2D eigenvalue weighted by atomic mass is 9.81. The van der Waals surface area contributed by atoms with E-state index < -0.39 is 18.4 Å². The van der Waals surface area contributed by atoms with E-state index in [-0.39, 0.29) is 30.3 Å². The number of morpholine rings is 1. The first-order valence-corrected chi connectivity index (χ1v) is 16.2. The van der Waals surface area contributed by atoms with E-state index >= 15 is 0 Å². The van der Waals surface area contributed by atoms with E-state index in [1.54, 1.807) is 7.11 Å². The zero-order valence-corrected chi connectivity index (χ0v) is 27.4. The van der Waals surface area contributed by atoms with E-state index in [1.165, 1.54) is 0 Å². The molecule has 1 aliphatic rings. The Kier molecular flexibility index (Phi) is 17.5. The smallest absolute Gasteiger partial charge is 0.223 e. The first-order chi connectivity index (χ1) is 20.6. The molecule has 1 heterocycles. The van der Waals surface area contributed by atoms with Crippen molar-refractivity contribution in [1.29, 1.82) is 0 Å². The molecule has 1 fully saturated rings. The highest BCUT2D eigenvalue weighted by atomic mass is 16.7. The molecule has 1 saturated heterocycles. The van der Waals surface area contributed by atoms with Gasteiger partial charge in [-0.25, -0.2) is 0 Å². The van der Waals surface area contributed by atoms with Crippen molar-refractivity contribution in [1.82, 2.24) is 10.2 Å². The number of nitrogens with zero attached hydrogens (tertiary/aromatic N) is 1. The Morgan fingerprint density at radius 3 is 2.44 bits per heavy atom. The maximum Gasteiger partial charge on any atom is 0.223 e. The van der Waals surface area contributed by atoms with Crippen LogP contribution in [0.25, 0.3) is 0 Å². The first kappa shape index (κ1) is 37.2. The Bertz CT molecular complexity index is 906. The third kappa shape index (κ3) is 13.3. The summed E-state index contributed by atoms with van der Waals surface area (Å²) in [7, 11) is 1.62. The molecule has 0 saturated carbocycles. The number of aliphatic hydroxyl groups excluding tert-OH is 2. The van der Waals surface area contributed by atoms with Crippen molar-refractivity contribution in [3.8, 4) is 11.5 Å². The number of nitrogens with one attached hydrogen (secondary N) is 1. The summed E-state index contributed by atoms with van der Waals surface area (Å²) >= 11 is 0. The Balaban J connectivity index is 2.02. The first-order valence-electron chi connectivity index (χ1n) is 16.2. The molecule has 0 aliphatic carbocycles. The van der Waals surface area contributed by atoms with E-state index in [4.69, 9.17) is 29.8 Å². The quantitative estimate of drug-likeness (QED) is 0.122. The SMILES string of the molecule is CCC(OC)Oc1cc(C[C@@H](C[C@H](N)[C@@H](O)C[C@H](C(=O)NCCN2CCOCC2)C(C)C)C(C)C)ccc1OCCCO. The Hall–Kier alpha value is -1.95. The third-order valence-electron chi connectivity index (χ3n) is 8.40. The molecule has 1 aromatic carbocycles. The summed E-state index contributed by atoms with van der Waals surface area (Å²) in [5.41, 5.74) is 7.68. The predicted molar refractivity (Wildman–Crippen MR) is 169 cm³/mol. The van der Waals surface area contributed by atoms with Crippen molar-refractivity contribution in [2.24, 2.45) is 29.4 Å². The van der Waals surface area contributed by atoms with Crippen molar-refractivity contribution < 1.29 is 34.0 Å². The maximum absolute atomic E-state index is 13.1. The molecule has 248 valence electrons. The van der Waals surface area contributed by atoms with Gasteiger partial charge in [0.1, 0.15) is 0 Å². The monoisotopic (exact) mass is 609 g/mol. The van der Waals surface area contributed by atoms with E-state index in [0.717, 1.165) is 44.8 Å². The largest absolute Gasteiger partial charge is 0.490 e. The minimum Gasteiger partial charge on any atom is -0.490 e.